The van der Waals surface area contributed by atoms with Gasteiger partial charge in [0.25, 0.3) is 5.91 Å². The van der Waals surface area contributed by atoms with Crippen LogP contribution in [0.4, 0.5) is 0 Å². The molecule has 1 unspecified atom stereocenters. The summed E-state index contributed by atoms with van der Waals surface area (Å²) in [5, 5.41) is 20.4. The highest BCUT2D eigenvalue weighted by Gasteiger charge is 2.30. The topological polar surface area (TPSA) is 111 Å². The Morgan fingerprint density at radius 2 is 2.24 bits per heavy atom. The fraction of sp³-hybridized carbons (Fsp3) is 0.200. The van der Waals surface area contributed by atoms with Gasteiger partial charge in [0.15, 0.2) is 0 Å². The van der Waals surface area contributed by atoms with Crippen molar-refractivity contribution in [3.63, 3.8) is 0 Å². The highest BCUT2D eigenvalue weighted by molar-refractivity contribution is 6.42. The first-order valence-electron chi connectivity index (χ1n) is 4.80. The average molecular weight is 235 g/mol. The minimum atomic E-state index is -1.17. The molecule has 0 saturated heterocycles. The number of amides is 1. The third-order valence-electron chi connectivity index (χ3n) is 2.28. The zero-order valence-corrected chi connectivity index (χ0v) is 8.62. The van der Waals surface area contributed by atoms with Crippen LogP contribution in [0, 0.1) is 0 Å². The van der Waals surface area contributed by atoms with Gasteiger partial charge in [-0.25, -0.2) is 0 Å². The average Bonchev–Trinajstić information content (AvgIpc) is 2.75. The zero-order chi connectivity index (χ0) is 12.4. The van der Waals surface area contributed by atoms with Crippen molar-refractivity contribution in [3.05, 3.63) is 23.5 Å². The molecule has 0 spiro atoms. The van der Waals surface area contributed by atoms with Crippen molar-refractivity contribution in [1.29, 1.82) is 0 Å². The molecule has 0 saturated carbocycles. The van der Waals surface area contributed by atoms with Gasteiger partial charge in [0, 0.05) is 11.8 Å². The molecule has 7 heteroatoms. The molecule has 0 radical (unpaired) electrons. The SMILES string of the molecule is O=C(O)CNC(=O)C1=NC=C2N=CC=C2C1O. The van der Waals surface area contributed by atoms with Crippen LogP contribution >= 0.6 is 0 Å². The number of hydrogen-bond acceptors (Lipinski definition) is 5. The molecule has 3 N–H and O–H groups in total. The fourth-order valence-electron chi connectivity index (χ4n) is 1.47. The number of nitrogens with one attached hydrogen (secondary N) is 1. The van der Waals surface area contributed by atoms with Crippen molar-refractivity contribution in [1.82, 2.24) is 5.32 Å². The normalized spacial score (nSPS) is 21.2. The smallest absolute Gasteiger partial charge is 0.322 e. The van der Waals surface area contributed by atoms with Gasteiger partial charge in [-0.2, -0.15) is 0 Å². The minimum Gasteiger partial charge on any atom is -0.480 e. The van der Waals surface area contributed by atoms with E-state index in [0.29, 0.717) is 11.3 Å². The van der Waals surface area contributed by atoms with Crippen LogP contribution in [0.5, 0.6) is 0 Å². The molecule has 7 nitrogen and oxygen atoms in total. The van der Waals surface area contributed by atoms with Crippen LogP contribution in [-0.4, -0.2) is 46.7 Å². The molecule has 0 aromatic heterocycles. The summed E-state index contributed by atoms with van der Waals surface area (Å²) in [6.45, 7) is -0.517. The van der Waals surface area contributed by atoms with Gasteiger partial charge in [0.2, 0.25) is 0 Å². The molecule has 88 valence electrons. The lowest BCUT2D eigenvalue weighted by Crippen LogP contribution is -2.42. The van der Waals surface area contributed by atoms with Gasteiger partial charge in [-0.3, -0.25) is 19.6 Å². The number of aliphatic carboxylic acids is 1. The summed E-state index contributed by atoms with van der Waals surface area (Å²) < 4.78 is 0. The molecule has 2 aliphatic heterocycles. The second kappa shape index (κ2) is 4.30. The lowest BCUT2D eigenvalue weighted by Gasteiger charge is -2.17. The molecule has 0 aromatic carbocycles. The molecule has 2 heterocycles. The number of carboxylic acid groups (broad SMARTS) is 1. The second-order valence-electron chi connectivity index (χ2n) is 3.41. The molecule has 2 aliphatic rings. The van der Waals surface area contributed by atoms with E-state index in [1.165, 1.54) is 12.4 Å². The third-order valence-corrected chi connectivity index (χ3v) is 2.28. The summed E-state index contributed by atoms with van der Waals surface area (Å²) in [6, 6.07) is 0. The molecule has 0 fully saturated rings. The number of aliphatic imine (C=N–C) groups is 2. The van der Waals surface area contributed by atoms with E-state index in [9.17, 15) is 14.7 Å². The number of rotatable bonds is 3. The van der Waals surface area contributed by atoms with Crippen molar-refractivity contribution in [2.24, 2.45) is 9.98 Å². The van der Waals surface area contributed by atoms with Crippen LogP contribution < -0.4 is 5.32 Å². The van der Waals surface area contributed by atoms with Crippen molar-refractivity contribution in [3.8, 4) is 0 Å². The fourth-order valence-corrected chi connectivity index (χ4v) is 1.47. The van der Waals surface area contributed by atoms with Crippen molar-refractivity contribution < 1.29 is 19.8 Å². The standard InChI is InChI=1S/C10H9N3O4/c14-7(15)4-13-10(17)8-9(16)5-1-2-11-6(5)3-12-8/h1-3,9,16H,4H2,(H,13,17)(H,14,15). The second-order valence-corrected chi connectivity index (χ2v) is 3.41. The summed E-state index contributed by atoms with van der Waals surface area (Å²) in [5.41, 5.74) is 0.861. The van der Waals surface area contributed by atoms with E-state index in [1.54, 1.807) is 6.08 Å². The van der Waals surface area contributed by atoms with Gasteiger partial charge in [0.1, 0.15) is 18.4 Å². The van der Waals surface area contributed by atoms with Crippen molar-refractivity contribution in [2.75, 3.05) is 6.54 Å². The largest absolute Gasteiger partial charge is 0.480 e. The van der Waals surface area contributed by atoms with Crippen LogP contribution in [0.1, 0.15) is 0 Å². The lowest BCUT2D eigenvalue weighted by molar-refractivity contribution is -0.137. The van der Waals surface area contributed by atoms with E-state index >= 15 is 0 Å². The molecule has 2 rings (SSSR count). The number of fused-ring (bicyclic) bond motifs is 1. The number of aliphatic hydroxyl groups excluding tert-OH is 1. The van der Waals surface area contributed by atoms with Crippen molar-refractivity contribution >= 4 is 23.8 Å². The molecule has 0 aromatic rings. The first kappa shape index (κ1) is 11.2. The summed E-state index contributed by atoms with van der Waals surface area (Å²) in [7, 11) is 0. The maximum atomic E-state index is 11.5. The maximum Gasteiger partial charge on any atom is 0.322 e. The quantitative estimate of drug-likeness (QED) is 0.573. The Hall–Kier alpha value is -2.28. The van der Waals surface area contributed by atoms with Crippen LogP contribution in [0.2, 0.25) is 0 Å². The molecule has 0 bridgehead atoms. The molecular weight excluding hydrogens is 226 g/mol. The number of carbonyl (C=O) groups is 2. The van der Waals surface area contributed by atoms with Gasteiger partial charge in [-0.15, -0.1) is 0 Å². The van der Waals surface area contributed by atoms with E-state index < -0.39 is 24.5 Å². The van der Waals surface area contributed by atoms with Gasteiger partial charge >= 0.3 is 5.97 Å². The summed E-state index contributed by atoms with van der Waals surface area (Å²) in [6.07, 6.45) is 3.26. The molecular formula is C10H9N3O4. The monoisotopic (exact) mass is 235 g/mol. The third kappa shape index (κ3) is 2.13. The van der Waals surface area contributed by atoms with Gasteiger partial charge in [0.05, 0.1) is 11.9 Å². The maximum absolute atomic E-state index is 11.5. The van der Waals surface area contributed by atoms with Crippen LogP contribution in [0.15, 0.2) is 33.5 Å². The predicted octanol–water partition coefficient (Wildman–Crippen LogP) is -1.15. The number of nitrogens with zero attached hydrogens (tertiary/aromatic N) is 2. The van der Waals surface area contributed by atoms with E-state index in [-0.39, 0.29) is 5.71 Å². The molecule has 1 amide bonds. The molecule has 17 heavy (non-hydrogen) atoms. The number of aliphatic hydroxyl groups is 1. The highest BCUT2D eigenvalue weighted by Crippen LogP contribution is 2.24. The Labute approximate surface area is 95.9 Å². The Balaban J connectivity index is 2.12. The Morgan fingerprint density at radius 1 is 1.47 bits per heavy atom. The van der Waals surface area contributed by atoms with Gasteiger partial charge in [-0.05, 0) is 6.08 Å². The number of carboxylic acids is 1. The molecule has 0 aliphatic carbocycles. The van der Waals surface area contributed by atoms with E-state index in [1.807, 2.05) is 0 Å². The Kier molecular flexibility index (Phi) is 2.84. The summed E-state index contributed by atoms with van der Waals surface area (Å²) in [5.74, 6) is -1.87. The highest BCUT2D eigenvalue weighted by atomic mass is 16.4. The minimum absolute atomic E-state index is 0.133. The number of hydrogen-bond donors (Lipinski definition) is 3. The zero-order valence-electron chi connectivity index (χ0n) is 8.62. The first-order chi connectivity index (χ1) is 8.09. The predicted molar refractivity (Wildman–Crippen MR) is 58.7 cm³/mol. The Morgan fingerprint density at radius 3 is 2.94 bits per heavy atom. The lowest BCUT2D eigenvalue weighted by atomic mass is 10.0. The first-order valence-corrected chi connectivity index (χ1v) is 4.80. The van der Waals surface area contributed by atoms with E-state index in [4.69, 9.17) is 5.11 Å². The van der Waals surface area contributed by atoms with Gasteiger partial charge in [-0.1, -0.05) is 0 Å². The Bertz CT molecular complexity index is 502. The van der Waals surface area contributed by atoms with Crippen LogP contribution in [0.25, 0.3) is 0 Å². The number of carbonyl (C=O) groups excluding carboxylic acids is 1. The molecule has 1 atom stereocenters. The summed E-state index contributed by atoms with van der Waals surface area (Å²) >= 11 is 0. The van der Waals surface area contributed by atoms with Crippen LogP contribution in [-0.2, 0) is 9.59 Å². The van der Waals surface area contributed by atoms with Gasteiger partial charge < -0.3 is 15.5 Å². The summed E-state index contributed by atoms with van der Waals surface area (Å²) in [4.78, 5) is 29.5. The van der Waals surface area contributed by atoms with Crippen molar-refractivity contribution in [2.45, 2.75) is 6.10 Å². The van der Waals surface area contributed by atoms with E-state index in [0.717, 1.165) is 0 Å². The number of allylic oxidation sites excluding steroid dienone is 1. The van der Waals surface area contributed by atoms with Crippen LogP contribution in [0.3, 0.4) is 0 Å². The van der Waals surface area contributed by atoms with E-state index in [2.05, 4.69) is 15.3 Å².